The van der Waals surface area contributed by atoms with E-state index in [0.717, 1.165) is 35.8 Å². The molecule has 0 saturated carbocycles. The van der Waals surface area contributed by atoms with Crippen molar-refractivity contribution < 1.29 is 9.47 Å². The predicted octanol–water partition coefficient (Wildman–Crippen LogP) is 1.67. The van der Waals surface area contributed by atoms with Gasteiger partial charge in [0.05, 0.1) is 19.9 Å². The van der Waals surface area contributed by atoms with Crippen LogP contribution in [0.15, 0.2) is 12.1 Å². The largest absolute Gasteiger partial charge is 0.497 e. The number of ether oxygens (including phenoxy) is 2. The fourth-order valence-electron chi connectivity index (χ4n) is 1.87. The van der Waals surface area contributed by atoms with Crippen LogP contribution in [0.5, 0.6) is 11.5 Å². The van der Waals surface area contributed by atoms with Gasteiger partial charge in [-0.3, -0.25) is 0 Å². The van der Waals surface area contributed by atoms with E-state index < -0.39 is 0 Å². The molecule has 0 amide bonds. The van der Waals surface area contributed by atoms with Crippen molar-refractivity contribution >= 4 is 5.69 Å². The van der Waals surface area contributed by atoms with Crippen LogP contribution in [0.2, 0.25) is 0 Å². The van der Waals surface area contributed by atoms with Gasteiger partial charge in [0.2, 0.25) is 0 Å². The van der Waals surface area contributed by atoms with Gasteiger partial charge in [0.15, 0.2) is 0 Å². The smallest absolute Gasteiger partial charge is 0.146 e. The number of nitrogens with one attached hydrogen (secondary N) is 1. The van der Waals surface area contributed by atoms with E-state index >= 15 is 0 Å². The molecule has 0 unspecified atom stereocenters. The van der Waals surface area contributed by atoms with Gasteiger partial charge in [0.25, 0.3) is 0 Å². The summed E-state index contributed by atoms with van der Waals surface area (Å²) in [7, 11) is 7.36. The van der Waals surface area contributed by atoms with E-state index in [0.29, 0.717) is 0 Å². The Morgan fingerprint density at radius 1 is 1.24 bits per heavy atom. The molecule has 4 heteroatoms. The maximum absolute atomic E-state index is 5.43. The number of rotatable bonds is 6. The second kappa shape index (κ2) is 6.35. The zero-order valence-corrected chi connectivity index (χ0v) is 11.3. The number of aryl methyl sites for hydroxylation is 1. The molecule has 0 heterocycles. The summed E-state index contributed by atoms with van der Waals surface area (Å²) < 4.78 is 10.7. The highest BCUT2D eigenvalue weighted by Gasteiger charge is 2.13. The first kappa shape index (κ1) is 13.6. The minimum Gasteiger partial charge on any atom is -0.497 e. The van der Waals surface area contributed by atoms with Crippen LogP contribution < -0.4 is 19.7 Å². The van der Waals surface area contributed by atoms with Gasteiger partial charge in [0, 0.05) is 26.2 Å². The van der Waals surface area contributed by atoms with Crippen LogP contribution >= 0.6 is 0 Å². The van der Waals surface area contributed by atoms with E-state index in [4.69, 9.17) is 9.47 Å². The standard InChI is InChI=1S/C13H22N2O2/c1-10-8-11(16-4)9-12(17-5)13(10)15(3)7-6-14-2/h8-9,14H,6-7H2,1-5H3. The quantitative estimate of drug-likeness (QED) is 0.817. The fourth-order valence-corrected chi connectivity index (χ4v) is 1.87. The number of benzene rings is 1. The summed E-state index contributed by atoms with van der Waals surface area (Å²) in [6.45, 7) is 3.93. The lowest BCUT2D eigenvalue weighted by atomic mass is 10.1. The number of anilines is 1. The second-order valence-corrected chi connectivity index (χ2v) is 4.02. The Balaban J connectivity index is 3.04. The Kier molecular flexibility index (Phi) is 5.10. The molecule has 0 spiro atoms. The highest BCUT2D eigenvalue weighted by molar-refractivity contribution is 5.65. The summed E-state index contributed by atoms with van der Waals surface area (Å²) in [5.41, 5.74) is 2.27. The molecule has 1 aromatic carbocycles. The molecule has 4 nitrogen and oxygen atoms in total. The molecule has 0 radical (unpaired) electrons. The minimum atomic E-state index is 0.824. The SMILES string of the molecule is CNCCN(C)c1c(C)cc(OC)cc1OC. The first-order valence-electron chi connectivity index (χ1n) is 5.72. The molecular weight excluding hydrogens is 216 g/mol. The predicted molar refractivity (Wildman–Crippen MR) is 71.5 cm³/mol. The molecular formula is C13H22N2O2. The van der Waals surface area contributed by atoms with Crippen molar-refractivity contribution in [2.75, 3.05) is 46.3 Å². The molecule has 0 saturated heterocycles. The Morgan fingerprint density at radius 3 is 2.47 bits per heavy atom. The van der Waals surface area contributed by atoms with E-state index in [9.17, 15) is 0 Å². The monoisotopic (exact) mass is 238 g/mol. The van der Waals surface area contributed by atoms with Crippen LogP contribution in [0.1, 0.15) is 5.56 Å². The second-order valence-electron chi connectivity index (χ2n) is 4.02. The molecule has 17 heavy (non-hydrogen) atoms. The molecule has 0 aliphatic rings. The molecule has 1 N–H and O–H groups in total. The van der Waals surface area contributed by atoms with Crippen molar-refractivity contribution in [1.29, 1.82) is 0 Å². The van der Waals surface area contributed by atoms with Gasteiger partial charge < -0.3 is 19.7 Å². The van der Waals surface area contributed by atoms with E-state index in [-0.39, 0.29) is 0 Å². The molecule has 1 aromatic rings. The van der Waals surface area contributed by atoms with Crippen molar-refractivity contribution in [1.82, 2.24) is 5.32 Å². The maximum Gasteiger partial charge on any atom is 0.146 e. The lowest BCUT2D eigenvalue weighted by Gasteiger charge is -2.24. The minimum absolute atomic E-state index is 0.824. The lowest BCUT2D eigenvalue weighted by molar-refractivity contribution is 0.394. The average molecular weight is 238 g/mol. The topological polar surface area (TPSA) is 33.7 Å². The molecule has 0 aliphatic carbocycles. The Bertz CT molecular complexity index is 367. The zero-order valence-electron chi connectivity index (χ0n) is 11.3. The highest BCUT2D eigenvalue weighted by Crippen LogP contribution is 2.35. The van der Waals surface area contributed by atoms with Gasteiger partial charge in [0.1, 0.15) is 11.5 Å². The molecule has 0 aliphatic heterocycles. The van der Waals surface area contributed by atoms with E-state index in [2.05, 4.69) is 24.2 Å². The Hall–Kier alpha value is -1.42. The number of likely N-dealkylation sites (N-methyl/N-ethyl adjacent to an activating group) is 2. The van der Waals surface area contributed by atoms with Gasteiger partial charge in [-0.1, -0.05) is 0 Å². The molecule has 1 rings (SSSR count). The summed E-state index contributed by atoms with van der Waals surface area (Å²) in [5.74, 6) is 1.67. The molecule has 96 valence electrons. The third kappa shape index (κ3) is 3.27. The maximum atomic E-state index is 5.43. The van der Waals surface area contributed by atoms with Crippen LogP contribution in [0.25, 0.3) is 0 Å². The van der Waals surface area contributed by atoms with Crippen LogP contribution in [0, 0.1) is 6.92 Å². The summed E-state index contributed by atoms with van der Waals surface area (Å²) in [6, 6.07) is 3.94. The molecule has 0 atom stereocenters. The average Bonchev–Trinajstić information content (AvgIpc) is 2.34. The summed E-state index contributed by atoms with van der Waals surface area (Å²) >= 11 is 0. The van der Waals surface area contributed by atoms with E-state index in [1.165, 1.54) is 0 Å². The first-order chi connectivity index (χ1) is 8.13. The van der Waals surface area contributed by atoms with Gasteiger partial charge in [-0.2, -0.15) is 0 Å². The number of nitrogens with zero attached hydrogens (tertiary/aromatic N) is 1. The third-order valence-corrected chi connectivity index (χ3v) is 2.77. The van der Waals surface area contributed by atoms with Crippen LogP contribution in [-0.2, 0) is 0 Å². The van der Waals surface area contributed by atoms with Crippen molar-refractivity contribution in [2.24, 2.45) is 0 Å². The highest BCUT2D eigenvalue weighted by atomic mass is 16.5. The van der Waals surface area contributed by atoms with Crippen molar-refractivity contribution in [3.8, 4) is 11.5 Å². The van der Waals surface area contributed by atoms with E-state index in [1.807, 2.05) is 19.2 Å². The normalized spacial score (nSPS) is 10.2. The van der Waals surface area contributed by atoms with Crippen molar-refractivity contribution in [3.05, 3.63) is 17.7 Å². The molecule has 0 fully saturated rings. The van der Waals surface area contributed by atoms with Crippen LogP contribution in [-0.4, -0.2) is 41.4 Å². The number of hydrogen-bond acceptors (Lipinski definition) is 4. The van der Waals surface area contributed by atoms with Crippen molar-refractivity contribution in [2.45, 2.75) is 6.92 Å². The van der Waals surface area contributed by atoms with Crippen LogP contribution in [0.4, 0.5) is 5.69 Å². The summed E-state index contributed by atoms with van der Waals surface area (Å²) in [6.07, 6.45) is 0. The van der Waals surface area contributed by atoms with E-state index in [1.54, 1.807) is 14.2 Å². The lowest BCUT2D eigenvalue weighted by Crippen LogP contribution is -2.27. The molecule has 0 aromatic heterocycles. The van der Waals surface area contributed by atoms with Crippen LogP contribution in [0.3, 0.4) is 0 Å². The Labute approximate surface area is 104 Å². The van der Waals surface area contributed by atoms with Crippen molar-refractivity contribution in [3.63, 3.8) is 0 Å². The van der Waals surface area contributed by atoms with Gasteiger partial charge >= 0.3 is 0 Å². The summed E-state index contributed by atoms with van der Waals surface area (Å²) in [5, 5.41) is 3.14. The summed E-state index contributed by atoms with van der Waals surface area (Å²) in [4.78, 5) is 2.18. The van der Waals surface area contributed by atoms with Gasteiger partial charge in [-0.15, -0.1) is 0 Å². The number of methoxy groups -OCH3 is 2. The molecule has 0 bridgehead atoms. The first-order valence-corrected chi connectivity index (χ1v) is 5.72. The third-order valence-electron chi connectivity index (χ3n) is 2.77. The fraction of sp³-hybridized carbons (Fsp3) is 0.538. The van der Waals surface area contributed by atoms with Gasteiger partial charge in [-0.05, 0) is 25.6 Å². The zero-order chi connectivity index (χ0) is 12.8. The number of hydrogen-bond donors (Lipinski definition) is 1. The van der Waals surface area contributed by atoms with Gasteiger partial charge in [-0.25, -0.2) is 0 Å². The Morgan fingerprint density at radius 2 is 1.94 bits per heavy atom.